The molecule has 0 aliphatic carbocycles. The summed E-state index contributed by atoms with van der Waals surface area (Å²) in [5.41, 5.74) is 2.25. The SMILES string of the molecule is CCc1nn(C)c(COC2CCNCC2)c1Br. The Balaban J connectivity index is 1.95. The summed E-state index contributed by atoms with van der Waals surface area (Å²) in [6.07, 6.45) is 3.55. The summed E-state index contributed by atoms with van der Waals surface area (Å²) in [7, 11) is 1.98. The molecule has 4 nitrogen and oxygen atoms in total. The lowest BCUT2D eigenvalue weighted by Gasteiger charge is -2.23. The van der Waals surface area contributed by atoms with E-state index in [0.717, 1.165) is 48.2 Å². The van der Waals surface area contributed by atoms with Gasteiger partial charge < -0.3 is 10.1 Å². The molecule has 0 amide bonds. The zero-order valence-electron chi connectivity index (χ0n) is 10.5. The summed E-state index contributed by atoms with van der Waals surface area (Å²) in [6.45, 7) is 4.90. The molecule has 0 atom stereocenters. The standard InChI is InChI=1S/C12H20BrN3O/c1-3-10-12(13)11(16(2)15-10)8-17-9-4-6-14-7-5-9/h9,14H,3-8H2,1-2H3. The molecule has 0 aromatic carbocycles. The topological polar surface area (TPSA) is 39.1 Å². The number of piperidine rings is 1. The molecule has 1 aromatic heterocycles. The summed E-state index contributed by atoms with van der Waals surface area (Å²) in [5, 5.41) is 7.81. The van der Waals surface area contributed by atoms with E-state index in [1.54, 1.807) is 0 Å². The van der Waals surface area contributed by atoms with Crippen molar-refractivity contribution in [2.45, 2.75) is 38.9 Å². The molecule has 96 valence electrons. The molecular weight excluding hydrogens is 282 g/mol. The van der Waals surface area contributed by atoms with Crippen molar-refractivity contribution in [3.05, 3.63) is 15.9 Å². The number of nitrogens with one attached hydrogen (secondary N) is 1. The highest BCUT2D eigenvalue weighted by atomic mass is 79.9. The number of ether oxygens (including phenoxy) is 1. The maximum atomic E-state index is 5.96. The normalized spacial score (nSPS) is 17.6. The third-order valence-corrected chi connectivity index (χ3v) is 4.16. The van der Waals surface area contributed by atoms with Gasteiger partial charge >= 0.3 is 0 Å². The average Bonchev–Trinajstić information content (AvgIpc) is 2.63. The second-order valence-electron chi connectivity index (χ2n) is 4.44. The molecule has 0 bridgehead atoms. The average molecular weight is 302 g/mol. The van der Waals surface area contributed by atoms with Crippen molar-refractivity contribution in [1.82, 2.24) is 15.1 Å². The van der Waals surface area contributed by atoms with Crippen molar-refractivity contribution >= 4 is 15.9 Å². The van der Waals surface area contributed by atoms with Gasteiger partial charge in [-0.1, -0.05) is 6.92 Å². The molecule has 0 spiro atoms. The Morgan fingerprint density at radius 1 is 1.47 bits per heavy atom. The van der Waals surface area contributed by atoms with Gasteiger partial charge in [0, 0.05) is 7.05 Å². The summed E-state index contributed by atoms with van der Waals surface area (Å²) < 4.78 is 8.99. The molecule has 5 heteroatoms. The number of hydrogen-bond donors (Lipinski definition) is 1. The largest absolute Gasteiger partial charge is 0.372 e. The number of halogens is 1. The third kappa shape index (κ3) is 3.09. The number of aromatic nitrogens is 2. The maximum Gasteiger partial charge on any atom is 0.0900 e. The molecule has 17 heavy (non-hydrogen) atoms. The van der Waals surface area contributed by atoms with Gasteiger partial charge in [0.1, 0.15) is 0 Å². The van der Waals surface area contributed by atoms with Gasteiger partial charge in [-0.05, 0) is 48.3 Å². The fourth-order valence-corrected chi connectivity index (χ4v) is 2.87. The Labute approximate surface area is 111 Å². The first-order valence-corrected chi connectivity index (χ1v) is 7.04. The third-order valence-electron chi connectivity index (χ3n) is 3.24. The minimum absolute atomic E-state index is 0.392. The van der Waals surface area contributed by atoms with Gasteiger partial charge in [0.05, 0.1) is 28.6 Å². The summed E-state index contributed by atoms with van der Waals surface area (Å²) in [6, 6.07) is 0. The van der Waals surface area contributed by atoms with E-state index in [-0.39, 0.29) is 0 Å². The smallest absolute Gasteiger partial charge is 0.0900 e. The van der Waals surface area contributed by atoms with Crippen LogP contribution in [-0.2, 0) is 24.8 Å². The highest BCUT2D eigenvalue weighted by Gasteiger charge is 2.17. The van der Waals surface area contributed by atoms with E-state index >= 15 is 0 Å². The lowest BCUT2D eigenvalue weighted by molar-refractivity contribution is 0.0179. The number of rotatable bonds is 4. The molecule has 1 fully saturated rings. The first-order chi connectivity index (χ1) is 8.22. The maximum absolute atomic E-state index is 5.96. The van der Waals surface area contributed by atoms with E-state index in [2.05, 4.69) is 33.3 Å². The van der Waals surface area contributed by atoms with Crippen LogP contribution in [0, 0.1) is 0 Å². The van der Waals surface area contributed by atoms with Gasteiger partial charge in [-0.2, -0.15) is 5.10 Å². The Morgan fingerprint density at radius 3 is 2.76 bits per heavy atom. The van der Waals surface area contributed by atoms with Crippen molar-refractivity contribution in [3.8, 4) is 0 Å². The second kappa shape index (κ2) is 5.98. The Bertz CT molecular complexity index is 372. The molecule has 1 aliphatic rings. The van der Waals surface area contributed by atoms with Crippen LogP contribution in [0.4, 0.5) is 0 Å². The second-order valence-corrected chi connectivity index (χ2v) is 5.24. The van der Waals surface area contributed by atoms with Gasteiger partial charge in [-0.15, -0.1) is 0 Å². The Hall–Kier alpha value is -0.390. The molecule has 0 radical (unpaired) electrons. The first kappa shape index (κ1) is 13.1. The molecule has 0 unspecified atom stereocenters. The van der Waals surface area contributed by atoms with Gasteiger partial charge in [0.25, 0.3) is 0 Å². The quantitative estimate of drug-likeness (QED) is 0.925. The van der Waals surface area contributed by atoms with Crippen LogP contribution >= 0.6 is 15.9 Å². The van der Waals surface area contributed by atoms with E-state index in [0.29, 0.717) is 12.7 Å². The highest BCUT2D eigenvalue weighted by Crippen LogP contribution is 2.23. The van der Waals surface area contributed by atoms with E-state index in [9.17, 15) is 0 Å². The minimum Gasteiger partial charge on any atom is -0.372 e. The fraction of sp³-hybridized carbons (Fsp3) is 0.750. The predicted octanol–water partition coefficient (Wildman–Crippen LogP) is 2.01. The van der Waals surface area contributed by atoms with Gasteiger partial charge in [0.15, 0.2) is 0 Å². The molecule has 1 saturated heterocycles. The number of aryl methyl sites for hydroxylation is 2. The molecule has 2 rings (SSSR count). The van der Waals surface area contributed by atoms with E-state index in [1.165, 1.54) is 0 Å². The zero-order chi connectivity index (χ0) is 12.3. The van der Waals surface area contributed by atoms with Crippen LogP contribution in [0.3, 0.4) is 0 Å². The van der Waals surface area contributed by atoms with Crippen LogP contribution in [0.25, 0.3) is 0 Å². The van der Waals surface area contributed by atoms with Crippen molar-refractivity contribution in [1.29, 1.82) is 0 Å². The van der Waals surface area contributed by atoms with E-state index in [4.69, 9.17) is 4.74 Å². The van der Waals surface area contributed by atoms with Gasteiger partial charge in [-0.25, -0.2) is 0 Å². The highest BCUT2D eigenvalue weighted by molar-refractivity contribution is 9.10. The number of nitrogens with zero attached hydrogens (tertiary/aromatic N) is 2. The lowest BCUT2D eigenvalue weighted by atomic mass is 10.1. The van der Waals surface area contributed by atoms with E-state index in [1.807, 2.05) is 11.7 Å². The zero-order valence-corrected chi connectivity index (χ0v) is 12.1. The molecule has 0 saturated carbocycles. The van der Waals surface area contributed by atoms with Crippen LogP contribution in [0.1, 0.15) is 31.2 Å². The fourth-order valence-electron chi connectivity index (χ4n) is 2.14. The van der Waals surface area contributed by atoms with Crippen LogP contribution in [0.2, 0.25) is 0 Å². The van der Waals surface area contributed by atoms with Crippen LogP contribution in [0.15, 0.2) is 4.47 Å². The summed E-state index contributed by atoms with van der Waals surface area (Å²) in [5.74, 6) is 0. The molecule has 1 N–H and O–H groups in total. The van der Waals surface area contributed by atoms with Gasteiger partial charge in [-0.3, -0.25) is 4.68 Å². The van der Waals surface area contributed by atoms with Gasteiger partial charge in [0.2, 0.25) is 0 Å². The minimum atomic E-state index is 0.392. The van der Waals surface area contributed by atoms with Crippen LogP contribution in [-0.4, -0.2) is 29.0 Å². The van der Waals surface area contributed by atoms with Crippen molar-refractivity contribution < 1.29 is 4.74 Å². The Kier molecular flexibility index (Phi) is 4.59. The molecule has 1 aliphatic heterocycles. The summed E-state index contributed by atoms with van der Waals surface area (Å²) >= 11 is 3.61. The Morgan fingerprint density at radius 2 is 2.18 bits per heavy atom. The van der Waals surface area contributed by atoms with Crippen molar-refractivity contribution in [2.24, 2.45) is 7.05 Å². The van der Waals surface area contributed by atoms with Crippen molar-refractivity contribution in [2.75, 3.05) is 13.1 Å². The van der Waals surface area contributed by atoms with Crippen molar-refractivity contribution in [3.63, 3.8) is 0 Å². The molecule has 1 aromatic rings. The molecular formula is C12H20BrN3O. The van der Waals surface area contributed by atoms with Crippen LogP contribution < -0.4 is 5.32 Å². The first-order valence-electron chi connectivity index (χ1n) is 6.25. The van der Waals surface area contributed by atoms with Crippen LogP contribution in [0.5, 0.6) is 0 Å². The lowest BCUT2D eigenvalue weighted by Crippen LogP contribution is -2.32. The molecule has 2 heterocycles. The van der Waals surface area contributed by atoms with E-state index < -0.39 is 0 Å². The monoisotopic (exact) mass is 301 g/mol. The predicted molar refractivity (Wildman–Crippen MR) is 71.0 cm³/mol. The summed E-state index contributed by atoms with van der Waals surface area (Å²) in [4.78, 5) is 0. The number of hydrogen-bond acceptors (Lipinski definition) is 3.